The molecule has 1 N–H and O–H groups in total. The lowest BCUT2D eigenvalue weighted by molar-refractivity contribution is -0.384. The molecule has 0 saturated carbocycles. The summed E-state index contributed by atoms with van der Waals surface area (Å²) in [5.41, 5.74) is 2.64. The van der Waals surface area contributed by atoms with Gasteiger partial charge >= 0.3 is 11.9 Å². The molecule has 11 nitrogen and oxygen atoms in total. The van der Waals surface area contributed by atoms with Gasteiger partial charge in [-0.05, 0) is 69.7 Å². The first-order chi connectivity index (χ1) is 21.7. The van der Waals surface area contributed by atoms with E-state index in [4.69, 9.17) is 23.7 Å². The number of benzene rings is 2. The van der Waals surface area contributed by atoms with E-state index in [0.29, 0.717) is 29.3 Å². The molecule has 0 aromatic heterocycles. The lowest BCUT2D eigenvalue weighted by Crippen LogP contribution is -2.33. The second-order valence-corrected chi connectivity index (χ2v) is 11.9. The van der Waals surface area contributed by atoms with Crippen molar-refractivity contribution in [3.8, 4) is 0 Å². The van der Waals surface area contributed by atoms with E-state index in [0.717, 1.165) is 37.2 Å². The monoisotopic (exact) mass is 640 g/mol. The smallest absolute Gasteiger partial charge is 0.339 e. The van der Waals surface area contributed by atoms with Crippen molar-refractivity contribution in [2.75, 3.05) is 32.7 Å². The van der Waals surface area contributed by atoms with Crippen LogP contribution in [0.2, 0.25) is 0 Å². The minimum atomic E-state index is -0.955. The number of ether oxygens (including phenoxy) is 5. The Morgan fingerprint density at radius 2 is 1.80 bits per heavy atom. The molecule has 2 aromatic carbocycles. The molecular formula is C33H40N2O9S. The molecule has 1 fully saturated rings. The van der Waals surface area contributed by atoms with Crippen molar-refractivity contribution < 1.29 is 38.2 Å². The van der Waals surface area contributed by atoms with E-state index in [1.165, 1.54) is 30.9 Å². The zero-order valence-corrected chi connectivity index (χ0v) is 26.9. The first-order valence-electron chi connectivity index (χ1n) is 15.0. The average Bonchev–Trinajstić information content (AvgIpc) is 3.03. The third-order valence-corrected chi connectivity index (χ3v) is 8.54. The molecule has 3 unspecified atom stereocenters. The second-order valence-electron chi connectivity index (χ2n) is 10.7. The van der Waals surface area contributed by atoms with Crippen molar-refractivity contribution >= 4 is 29.4 Å². The minimum absolute atomic E-state index is 0.0958. The van der Waals surface area contributed by atoms with Crippen LogP contribution in [0.5, 0.6) is 0 Å². The number of hydrogen-bond acceptors (Lipinski definition) is 11. The lowest BCUT2D eigenvalue weighted by atomic mass is 9.80. The Hall–Kier alpha value is -3.71. The van der Waals surface area contributed by atoms with E-state index in [1.807, 2.05) is 12.1 Å². The van der Waals surface area contributed by atoms with Gasteiger partial charge in [0.25, 0.3) is 5.69 Å². The van der Waals surface area contributed by atoms with Crippen molar-refractivity contribution in [2.24, 2.45) is 0 Å². The molecule has 4 rings (SSSR count). The van der Waals surface area contributed by atoms with Gasteiger partial charge in [-0.3, -0.25) is 10.1 Å². The Morgan fingerprint density at radius 1 is 1.07 bits per heavy atom. The predicted molar refractivity (Wildman–Crippen MR) is 168 cm³/mol. The molecule has 0 bridgehead atoms. The largest absolute Gasteiger partial charge is 0.461 e. The number of nitrogens with zero attached hydrogens (tertiary/aromatic N) is 1. The standard InChI is InChI=1S/C33H40N2O9S/c1-21-29(31(25-8-7-9-26(20-25)35(38)39)30(22(2)34-21)33(37)44-23(3)40-4)32(36)43-18-19-45-27-13-11-24(12-14-27)15-17-42-28-10-5-6-16-41-28/h7-9,11-14,20,23,28,31,34H,5-6,10,15-19H2,1-4H3. The molecule has 3 atom stereocenters. The number of non-ortho nitro benzene ring substituents is 1. The van der Waals surface area contributed by atoms with Crippen molar-refractivity contribution in [1.29, 1.82) is 0 Å². The fourth-order valence-electron chi connectivity index (χ4n) is 5.22. The maximum Gasteiger partial charge on any atom is 0.339 e. The van der Waals surface area contributed by atoms with E-state index < -0.39 is 29.1 Å². The second kappa shape index (κ2) is 16.6. The van der Waals surface area contributed by atoms with Gasteiger partial charge in [-0.15, -0.1) is 11.8 Å². The quantitative estimate of drug-likeness (QED) is 0.0672. The zero-order valence-electron chi connectivity index (χ0n) is 26.0. The number of rotatable bonds is 14. The Kier molecular flexibility index (Phi) is 12.6. The number of nitro benzene ring substituents is 1. The topological polar surface area (TPSA) is 135 Å². The highest BCUT2D eigenvalue weighted by molar-refractivity contribution is 7.99. The normalized spacial score (nSPS) is 19.1. The number of thioether (sulfide) groups is 1. The van der Waals surface area contributed by atoms with E-state index in [1.54, 1.807) is 38.6 Å². The van der Waals surface area contributed by atoms with Gasteiger partial charge in [0, 0.05) is 47.9 Å². The molecule has 242 valence electrons. The van der Waals surface area contributed by atoms with Crippen molar-refractivity contribution in [2.45, 2.75) is 69.8 Å². The highest BCUT2D eigenvalue weighted by Crippen LogP contribution is 2.40. The Bertz CT molecular complexity index is 1420. The first-order valence-corrected chi connectivity index (χ1v) is 15.9. The van der Waals surface area contributed by atoms with Crippen LogP contribution in [0.3, 0.4) is 0 Å². The highest BCUT2D eigenvalue weighted by atomic mass is 32.2. The number of hydrogen-bond donors (Lipinski definition) is 1. The summed E-state index contributed by atoms with van der Waals surface area (Å²) in [4.78, 5) is 38.9. The van der Waals surface area contributed by atoms with Crippen LogP contribution in [0, 0.1) is 10.1 Å². The number of dihydropyridines is 1. The van der Waals surface area contributed by atoms with Gasteiger partial charge < -0.3 is 29.0 Å². The molecule has 12 heteroatoms. The summed E-state index contributed by atoms with van der Waals surface area (Å²) in [5.74, 6) is -1.79. The fourth-order valence-corrected chi connectivity index (χ4v) is 5.95. The molecule has 0 spiro atoms. The summed E-state index contributed by atoms with van der Waals surface area (Å²) < 4.78 is 27.6. The van der Waals surface area contributed by atoms with Crippen LogP contribution < -0.4 is 5.32 Å². The van der Waals surface area contributed by atoms with Crippen LogP contribution in [-0.2, 0) is 39.7 Å². The molecule has 2 aromatic rings. The predicted octanol–water partition coefficient (Wildman–Crippen LogP) is 5.79. The maximum absolute atomic E-state index is 13.6. The van der Waals surface area contributed by atoms with Crippen LogP contribution in [0.1, 0.15) is 57.1 Å². The van der Waals surface area contributed by atoms with Gasteiger partial charge in [0.05, 0.1) is 28.6 Å². The van der Waals surface area contributed by atoms with Gasteiger partial charge in [-0.2, -0.15) is 0 Å². The summed E-state index contributed by atoms with van der Waals surface area (Å²) >= 11 is 1.55. The molecule has 1 saturated heterocycles. The molecule has 0 amide bonds. The van der Waals surface area contributed by atoms with Gasteiger partial charge in [0.2, 0.25) is 0 Å². The summed E-state index contributed by atoms with van der Waals surface area (Å²) in [6.07, 6.45) is 3.03. The Morgan fingerprint density at radius 3 is 2.47 bits per heavy atom. The fraction of sp³-hybridized carbons (Fsp3) is 0.455. The zero-order chi connectivity index (χ0) is 32.3. The van der Waals surface area contributed by atoms with E-state index in [2.05, 4.69) is 17.4 Å². The number of allylic oxidation sites excluding steroid dienone is 2. The van der Waals surface area contributed by atoms with Gasteiger partial charge in [0.1, 0.15) is 6.61 Å². The number of carbonyl (C=O) groups is 2. The van der Waals surface area contributed by atoms with Crippen LogP contribution in [0.25, 0.3) is 0 Å². The van der Waals surface area contributed by atoms with E-state index in [-0.39, 0.29) is 29.7 Å². The summed E-state index contributed by atoms with van der Waals surface area (Å²) in [6, 6.07) is 14.0. The number of nitro groups is 1. The summed E-state index contributed by atoms with van der Waals surface area (Å²) in [7, 11) is 1.40. The van der Waals surface area contributed by atoms with Gasteiger partial charge in [-0.1, -0.05) is 24.3 Å². The number of carbonyl (C=O) groups excluding carboxylic acids is 2. The summed E-state index contributed by atoms with van der Waals surface area (Å²) in [6.45, 7) is 6.43. The van der Waals surface area contributed by atoms with Gasteiger partial charge in [0.15, 0.2) is 12.6 Å². The lowest BCUT2D eigenvalue weighted by Gasteiger charge is -2.30. The third-order valence-electron chi connectivity index (χ3n) is 7.56. The van der Waals surface area contributed by atoms with Crippen LogP contribution in [-0.4, -0.2) is 62.1 Å². The molecule has 0 radical (unpaired) electrons. The average molecular weight is 641 g/mol. The van der Waals surface area contributed by atoms with E-state index in [9.17, 15) is 19.7 Å². The van der Waals surface area contributed by atoms with Crippen LogP contribution in [0.15, 0.2) is 76.0 Å². The molecule has 2 aliphatic rings. The minimum Gasteiger partial charge on any atom is -0.461 e. The van der Waals surface area contributed by atoms with Crippen LogP contribution in [0.4, 0.5) is 5.69 Å². The molecular weight excluding hydrogens is 600 g/mol. The van der Waals surface area contributed by atoms with Crippen molar-refractivity contribution in [3.05, 3.63) is 92.3 Å². The van der Waals surface area contributed by atoms with Gasteiger partial charge in [-0.25, -0.2) is 9.59 Å². The molecule has 45 heavy (non-hydrogen) atoms. The van der Waals surface area contributed by atoms with E-state index >= 15 is 0 Å². The molecule has 2 aliphatic heterocycles. The molecule has 0 aliphatic carbocycles. The van der Waals surface area contributed by atoms with Crippen molar-refractivity contribution in [1.82, 2.24) is 5.32 Å². The summed E-state index contributed by atoms with van der Waals surface area (Å²) in [5, 5.41) is 14.6. The van der Waals surface area contributed by atoms with Crippen LogP contribution >= 0.6 is 11.8 Å². The first kappa shape index (κ1) is 34.2. The number of esters is 2. The Balaban J connectivity index is 1.39. The number of nitrogens with one attached hydrogen (secondary N) is 1. The SMILES string of the molecule is COC(C)OC(=O)C1=C(C)NC(C)=C(C(=O)OCCSc2ccc(CCOC3CCCCO3)cc2)C1c1cccc([N+](=O)[O-])c1. The molecule has 2 heterocycles. The maximum atomic E-state index is 13.6. The highest BCUT2D eigenvalue weighted by Gasteiger charge is 2.39. The third kappa shape index (κ3) is 9.40. The number of methoxy groups -OCH3 is 1. The Labute approximate surface area is 267 Å². The van der Waals surface area contributed by atoms with Crippen molar-refractivity contribution in [3.63, 3.8) is 0 Å².